The zero-order valence-electron chi connectivity index (χ0n) is 9.38. The molecule has 6 N–H and O–H groups in total. The predicted octanol–water partition coefficient (Wildman–Crippen LogP) is 1.49. The second-order valence-corrected chi connectivity index (χ2v) is 2.36. The van der Waals surface area contributed by atoms with Crippen molar-refractivity contribution in [2.75, 3.05) is 21.1 Å². The summed E-state index contributed by atoms with van der Waals surface area (Å²) < 4.78 is 29.6. The van der Waals surface area contributed by atoms with E-state index in [2.05, 4.69) is 41.5 Å². The SMILES string of the molecule is C1=CCC=C1.CN.CN.CN.[F][Zr]([F])[F]. The van der Waals surface area contributed by atoms with Crippen LogP contribution in [0.25, 0.3) is 0 Å². The maximum absolute atomic E-state index is 9.86. The molecular weight excluding hydrogens is 286 g/mol. The number of rotatable bonds is 0. The van der Waals surface area contributed by atoms with Crippen LogP contribution in [0.5, 0.6) is 0 Å². The Morgan fingerprint density at radius 2 is 1.00 bits per heavy atom. The topological polar surface area (TPSA) is 78.1 Å². The van der Waals surface area contributed by atoms with E-state index in [1.165, 1.54) is 21.1 Å². The molecular formula is C8H21F3N3Zr. The monoisotopic (exact) mass is 306 g/mol. The fourth-order valence-corrected chi connectivity index (χ4v) is 0.393. The van der Waals surface area contributed by atoms with Gasteiger partial charge >= 0.3 is 31.5 Å². The molecule has 0 spiro atoms. The van der Waals surface area contributed by atoms with Gasteiger partial charge in [0.2, 0.25) is 0 Å². The van der Waals surface area contributed by atoms with E-state index in [0.29, 0.717) is 0 Å². The van der Waals surface area contributed by atoms with Crippen LogP contribution in [0.2, 0.25) is 0 Å². The van der Waals surface area contributed by atoms with Gasteiger partial charge in [0, 0.05) is 0 Å². The average Bonchev–Trinajstić information content (AvgIpc) is 2.83. The van der Waals surface area contributed by atoms with Crippen LogP contribution in [0.15, 0.2) is 24.3 Å². The van der Waals surface area contributed by atoms with Gasteiger partial charge in [0.1, 0.15) is 0 Å². The van der Waals surface area contributed by atoms with Crippen LogP contribution in [0.3, 0.4) is 0 Å². The van der Waals surface area contributed by atoms with Crippen LogP contribution in [0.4, 0.5) is 7.88 Å². The van der Waals surface area contributed by atoms with E-state index in [9.17, 15) is 7.88 Å². The summed E-state index contributed by atoms with van der Waals surface area (Å²) >= 11 is -5.04. The van der Waals surface area contributed by atoms with Gasteiger partial charge in [-0.25, -0.2) is 0 Å². The van der Waals surface area contributed by atoms with E-state index in [1.54, 1.807) is 0 Å². The van der Waals surface area contributed by atoms with Gasteiger partial charge in [-0.15, -0.1) is 0 Å². The van der Waals surface area contributed by atoms with Gasteiger partial charge in [0.15, 0.2) is 0 Å². The van der Waals surface area contributed by atoms with E-state index in [-0.39, 0.29) is 0 Å². The van der Waals surface area contributed by atoms with E-state index < -0.39 is 23.6 Å². The van der Waals surface area contributed by atoms with Crippen LogP contribution < -0.4 is 17.2 Å². The zero-order chi connectivity index (χ0) is 13.1. The Kier molecular flexibility index (Phi) is 59.9. The third-order valence-corrected chi connectivity index (χ3v) is 0.655. The van der Waals surface area contributed by atoms with Crippen LogP contribution in [0.1, 0.15) is 6.42 Å². The first kappa shape index (κ1) is 24.3. The Morgan fingerprint density at radius 3 is 1.07 bits per heavy atom. The van der Waals surface area contributed by atoms with Crippen molar-refractivity contribution in [3.8, 4) is 0 Å². The number of halogens is 3. The van der Waals surface area contributed by atoms with E-state index in [4.69, 9.17) is 0 Å². The molecule has 1 rings (SSSR count). The molecule has 1 aliphatic rings. The van der Waals surface area contributed by atoms with Crippen molar-refractivity contribution in [2.45, 2.75) is 6.42 Å². The first-order valence-electron chi connectivity index (χ1n) is 4.12. The fourth-order valence-electron chi connectivity index (χ4n) is 0.393. The summed E-state index contributed by atoms with van der Waals surface area (Å²) in [6.07, 6.45) is 9.50. The molecule has 0 unspecified atom stereocenters. The fraction of sp³-hybridized carbons (Fsp3) is 0.500. The van der Waals surface area contributed by atoms with Gasteiger partial charge in [0.25, 0.3) is 0 Å². The van der Waals surface area contributed by atoms with Crippen LogP contribution in [-0.2, 0) is 23.6 Å². The molecule has 7 heteroatoms. The number of nitrogens with two attached hydrogens (primary N) is 3. The normalized spacial score (nSPS) is 8.87. The van der Waals surface area contributed by atoms with Crippen molar-refractivity contribution in [1.82, 2.24) is 0 Å². The van der Waals surface area contributed by atoms with Gasteiger partial charge in [-0.05, 0) is 27.6 Å². The van der Waals surface area contributed by atoms with Crippen molar-refractivity contribution >= 4 is 0 Å². The summed E-state index contributed by atoms with van der Waals surface area (Å²) in [5.74, 6) is 0. The average molecular weight is 307 g/mol. The summed E-state index contributed by atoms with van der Waals surface area (Å²) in [5.41, 5.74) is 13.5. The maximum atomic E-state index is 9.86. The summed E-state index contributed by atoms with van der Waals surface area (Å²) in [6.45, 7) is 0. The van der Waals surface area contributed by atoms with Gasteiger partial charge < -0.3 is 17.2 Å². The molecule has 0 heterocycles. The van der Waals surface area contributed by atoms with Crippen LogP contribution in [0, 0.1) is 0 Å². The van der Waals surface area contributed by atoms with Crippen molar-refractivity contribution in [3.05, 3.63) is 24.3 Å². The molecule has 93 valence electrons. The van der Waals surface area contributed by atoms with Gasteiger partial charge in [-0.1, -0.05) is 24.3 Å². The second-order valence-electron chi connectivity index (χ2n) is 1.31. The third-order valence-electron chi connectivity index (χ3n) is 0.655. The number of hydrogen-bond acceptors (Lipinski definition) is 3. The molecule has 0 radical (unpaired) electrons. The molecule has 15 heavy (non-hydrogen) atoms. The molecule has 0 aromatic rings. The molecule has 0 aliphatic heterocycles. The van der Waals surface area contributed by atoms with E-state index in [0.717, 1.165) is 6.42 Å². The Hall–Kier alpha value is 0.0331. The van der Waals surface area contributed by atoms with Crippen molar-refractivity contribution in [3.63, 3.8) is 0 Å². The third kappa shape index (κ3) is 80.2. The molecule has 1 aliphatic carbocycles. The summed E-state index contributed by atoms with van der Waals surface area (Å²) in [4.78, 5) is 0. The minimum absolute atomic E-state index is 1.14. The van der Waals surface area contributed by atoms with E-state index >= 15 is 0 Å². The summed E-state index contributed by atoms with van der Waals surface area (Å²) in [5, 5.41) is 0. The number of hydrogen-bond donors (Lipinski definition) is 3. The van der Waals surface area contributed by atoms with Crippen LogP contribution >= 0.6 is 0 Å². The first-order valence-corrected chi connectivity index (χ1v) is 6.90. The molecule has 0 atom stereocenters. The molecule has 0 aromatic carbocycles. The van der Waals surface area contributed by atoms with Gasteiger partial charge in [0.05, 0.1) is 0 Å². The standard InChI is InChI=1S/C5H6.3CH5N.3FH.Zr/c1-2-4-5-3-1;3*1-2;;;;/h1-4H,5H2;3*2H2,1H3;3*1H;/q;;;;;;;+3/p-3. The molecule has 0 saturated carbocycles. The minimum atomic E-state index is -5.04. The summed E-state index contributed by atoms with van der Waals surface area (Å²) in [7, 11) is 4.50. The first-order chi connectivity index (χ1) is 7.23. The molecule has 0 bridgehead atoms. The molecule has 3 nitrogen and oxygen atoms in total. The second kappa shape index (κ2) is 36.9. The Bertz CT molecular complexity index is 109. The van der Waals surface area contributed by atoms with E-state index in [1.807, 2.05) is 0 Å². The van der Waals surface area contributed by atoms with Gasteiger partial charge in [-0.3, -0.25) is 0 Å². The quantitative estimate of drug-likeness (QED) is 0.634. The molecule has 0 fully saturated rings. The molecule has 0 saturated heterocycles. The van der Waals surface area contributed by atoms with Crippen molar-refractivity contribution in [1.29, 1.82) is 0 Å². The Balaban J connectivity index is -0.0000000552. The number of allylic oxidation sites excluding steroid dienone is 4. The molecule has 0 aromatic heterocycles. The summed E-state index contributed by atoms with van der Waals surface area (Å²) in [6, 6.07) is 0. The Labute approximate surface area is 101 Å². The van der Waals surface area contributed by atoms with Gasteiger partial charge in [-0.2, -0.15) is 0 Å². The van der Waals surface area contributed by atoms with Crippen molar-refractivity contribution < 1.29 is 31.5 Å². The molecule has 0 amide bonds. The van der Waals surface area contributed by atoms with Crippen LogP contribution in [-0.4, -0.2) is 21.1 Å². The predicted molar refractivity (Wildman–Crippen MR) is 56.6 cm³/mol. The Morgan fingerprint density at radius 1 is 0.800 bits per heavy atom. The van der Waals surface area contributed by atoms with Crippen molar-refractivity contribution in [2.24, 2.45) is 17.2 Å². The zero-order valence-corrected chi connectivity index (χ0v) is 11.8.